The van der Waals surface area contributed by atoms with E-state index in [0.29, 0.717) is 24.2 Å². The SMILES string of the molecule is CCCc1cc(=O)n(C)cc1-c1cc(CCN[SH](=O)=O)ccc1Oc1ccc(F)cc1F. The van der Waals surface area contributed by atoms with Crippen molar-refractivity contribution in [2.75, 3.05) is 6.54 Å². The van der Waals surface area contributed by atoms with Crippen molar-refractivity contribution in [1.82, 2.24) is 9.29 Å². The van der Waals surface area contributed by atoms with E-state index in [0.717, 1.165) is 35.2 Å². The van der Waals surface area contributed by atoms with Crippen LogP contribution in [-0.4, -0.2) is 19.5 Å². The Labute approximate surface area is 186 Å². The molecule has 32 heavy (non-hydrogen) atoms. The average Bonchev–Trinajstić information content (AvgIpc) is 2.73. The van der Waals surface area contributed by atoms with E-state index in [2.05, 4.69) is 4.72 Å². The zero-order chi connectivity index (χ0) is 23.3. The second-order valence-corrected chi connectivity index (χ2v) is 8.16. The van der Waals surface area contributed by atoms with Crippen LogP contribution in [0.25, 0.3) is 11.1 Å². The van der Waals surface area contributed by atoms with Gasteiger partial charge in [-0.05, 0) is 48.2 Å². The summed E-state index contributed by atoms with van der Waals surface area (Å²) >= 11 is 0. The van der Waals surface area contributed by atoms with Gasteiger partial charge in [-0.15, -0.1) is 0 Å². The molecule has 3 aromatic rings. The molecule has 0 aliphatic rings. The number of aromatic nitrogens is 1. The molecule has 0 saturated heterocycles. The number of halogens is 2. The van der Waals surface area contributed by atoms with Crippen molar-refractivity contribution in [1.29, 1.82) is 0 Å². The van der Waals surface area contributed by atoms with Crippen molar-refractivity contribution in [3.8, 4) is 22.6 Å². The Bertz CT molecular complexity index is 1250. The second-order valence-electron chi connectivity index (χ2n) is 7.33. The van der Waals surface area contributed by atoms with E-state index >= 15 is 0 Å². The Balaban J connectivity index is 2.11. The number of nitrogens with one attached hydrogen (secondary N) is 1. The van der Waals surface area contributed by atoms with Crippen LogP contribution < -0.4 is 15.0 Å². The van der Waals surface area contributed by atoms with Gasteiger partial charge in [-0.25, -0.2) is 21.9 Å². The molecule has 0 saturated carbocycles. The van der Waals surface area contributed by atoms with Crippen LogP contribution in [0.4, 0.5) is 8.78 Å². The molecule has 170 valence electrons. The maximum atomic E-state index is 14.2. The van der Waals surface area contributed by atoms with Crippen molar-refractivity contribution in [2.45, 2.75) is 26.2 Å². The molecule has 0 spiro atoms. The summed E-state index contributed by atoms with van der Waals surface area (Å²) in [5, 5.41) is 0. The molecule has 0 radical (unpaired) electrons. The molecule has 0 fully saturated rings. The van der Waals surface area contributed by atoms with Crippen LogP contribution in [0.2, 0.25) is 0 Å². The van der Waals surface area contributed by atoms with Crippen molar-refractivity contribution >= 4 is 10.9 Å². The maximum Gasteiger partial charge on any atom is 0.250 e. The molecule has 3 rings (SSSR count). The molecule has 9 heteroatoms. The molecule has 2 aromatic carbocycles. The van der Waals surface area contributed by atoms with E-state index < -0.39 is 22.5 Å². The first-order valence-corrected chi connectivity index (χ1v) is 11.3. The summed E-state index contributed by atoms with van der Waals surface area (Å²) in [6.07, 6.45) is 3.59. The highest BCUT2D eigenvalue weighted by Gasteiger charge is 2.16. The van der Waals surface area contributed by atoms with Gasteiger partial charge < -0.3 is 9.30 Å². The second kappa shape index (κ2) is 10.5. The quantitative estimate of drug-likeness (QED) is 0.475. The number of thiol groups is 1. The molecule has 0 unspecified atom stereocenters. The average molecular weight is 463 g/mol. The molecule has 1 aromatic heterocycles. The fraction of sp³-hybridized carbons (Fsp3) is 0.261. The molecule has 6 nitrogen and oxygen atoms in total. The molecule has 1 heterocycles. The number of aryl methyl sites for hydroxylation is 2. The van der Waals surface area contributed by atoms with E-state index in [1.54, 1.807) is 31.4 Å². The van der Waals surface area contributed by atoms with Crippen LogP contribution in [-0.2, 0) is 30.8 Å². The van der Waals surface area contributed by atoms with Gasteiger partial charge in [0.25, 0.3) is 5.56 Å². The molecule has 0 bridgehead atoms. The number of hydrogen-bond donors (Lipinski definition) is 2. The van der Waals surface area contributed by atoms with Gasteiger partial charge in [-0.3, -0.25) is 4.79 Å². The Kier molecular flexibility index (Phi) is 7.76. The van der Waals surface area contributed by atoms with Gasteiger partial charge in [0.15, 0.2) is 11.6 Å². The summed E-state index contributed by atoms with van der Waals surface area (Å²) in [6.45, 7) is 2.22. The van der Waals surface area contributed by atoms with Crippen molar-refractivity contribution in [3.05, 3.63) is 81.8 Å². The predicted octanol–water partition coefficient (Wildman–Crippen LogP) is 3.73. The van der Waals surface area contributed by atoms with Crippen molar-refractivity contribution in [3.63, 3.8) is 0 Å². The fourth-order valence-electron chi connectivity index (χ4n) is 3.39. The zero-order valence-electron chi connectivity index (χ0n) is 17.7. The Hall–Kier alpha value is -3.04. The lowest BCUT2D eigenvalue weighted by Crippen LogP contribution is -2.17. The van der Waals surface area contributed by atoms with Gasteiger partial charge in [-0.2, -0.15) is 0 Å². The first-order chi connectivity index (χ1) is 15.3. The molecule has 0 amide bonds. The zero-order valence-corrected chi connectivity index (χ0v) is 18.6. The third-order valence-corrected chi connectivity index (χ3v) is 5.42. The third kappa shape index (κ3) is 5.80. The lowest BCUT2D eigenvalue weighted by molar-refractivity contribution is 0.439. The number of benzene rings is 2. The molecule has 1 N–H and O–H groups in total. The Morgan fingerprint density at radius 1 is 1.00 bits per heavy atom. The van der Waals surface area contributed by atoms with Crippen LogP contribution in [0.1, 0.15) is 24.5 Å². The van der Waals surface area contributed by atoms with Gasteiger partial charge in [-0.1, -0.05) is 19.4 Å². The molecular formula is C23H24F2N2O4S. The van der Waals surface area contributed by atoms with Crippen LogP contribution in [0.15, 0.2) is 53.5 Å². The standard InChI is InChI=1S/C23H24F2N2O4S/c1-3-4-16-12-23(28)27(2)14-19(16)18-11-15(9-10-26-32(29)30)5-7-21(18)31-22-8-6-17(24)13-20(22)25/h5-8,11-14,32H,3-4,9-10H2,1-2H3,(H,26,29,30). The van der Waals surface area contributed by atoms with Gasteiger partial charge >= 0.3 is 0 Å². The van der Waals surface area contributed by atoms with E-state index in [1.165, 1.54) is 10.6 Å². The maximum absolute atomic E-state index is 14.2. The number of ether oxygens (including phenoxy) is 1. The molecular weight excluding hydrogens is 438 g/mol. The van der Waals surface area contributed by atoms with Gasteiger partial charge in [0.1, 0.15) is 11.6 Å². The number of hydrogen-bond acceptors (Lipinski definition) is 4. The van der Waals surface area contributed by atoms with Crippen molar-refractivity contribution < 1.29 is 21.9 Å². The minimum Gasteiger partial charge on any atom is -0.454 e. The Morgan fingerprint density at radius 3 is 2.44 bits per heavy atom. The van der Waals surface area contributed by atoms with Crippen molar-refractivity contribution in [2.24, 2.45) is 7.05 Å². The van der Waals surface area contributed by atoms with Crippen LogP contribution in [0.5, 0.6) is 11.5 Å². The topological polar surface area (TPSA) is 77.4 Å². The highest BCUT2D eigenvalue weighted by Crippen LogP contribution is 2.37. The first kappa shape index (κ1) is 23.6. The summed E-state index contributed by atoms with van der Waals surface area (Å²) in [4.78, 5) is 12.2. The van der Waals surface area contributed by atoms with E-state index in [-0.39, 0.29) is 17.9 Å². The fourth-order valence-corrected chi connectivity index (χ4v) is 3.68. The van der Waals surface area contributed by atoms with Gasteiger partial charge in [0.05, 0.1) is 0 Å². The van der Waals surface area contributed by atoms with E-state index in [9.17, 15) is 22.0 Å². The smallest absolute Gasteiger partial charge is 0.250 e. The normalized spacial score (nSPS) is 11.2. The predicted molar refractivity (Wildman–Crippen MR) is 120 cm³/mol. The monoisotopic (exact) mass is 462 g/mol. The van der Waals surface area contributed by atoms with Gasteiger partial charge in [0.2, 0.25) is 10.9 Å². The largest absolute Gasteiger partial charge is 0.454 e. The Morgan fingerprint density at radius 2 is 1.75 bits per heavy atom. The minimum absolute atomic E-state index is 0.132. The lowest BCUT2D eigenvalue weighted by atomic mass is 9.96. The van der Waals surface area contributed by atoms with Crippen LogP contribution in [0.3, 0.4) is 0 Å². The van der Waals surface area contributed by atoms with Crippen LogP contribution in [0, 0.1) is 11.6 Å². The van der Waals surface area contributed by atoms with Crippen LogP contribution >= 0.6 is 0 Å². The van der Waals surface area contributed by atoms with Gasteiger partial charge in [0, 0.05) is 43.0 Å². The molecule has 0 aliphatic heterocycles. The minimum atomic E-state index is -2.70. The number of nitrogens with zero attached hydrogens (tertiary/aromatic N) is 1. The highest BCUT2D eigenvalue weighted by atomic mass is 32.2. The van der Waals surface area contributed by atoms with E-state index in [1.807, 2.05) is 13.0 Å². The number of pyridine rings is 1. The summed E-state index contributed by atoms with van der Waals surface area (Å²) in [7, 11) is -1.06. The summed E-state index contributed by atoms with van der Waals surface area (Å²) in [5.41, 5.74) is 2.86. The first-order valence-electron chi connectivity index (χ1n) is 10.1. The molecule has 0 aliphatic carbocycles. The van der Waals surface area contributed by atoms with E-state index in [4.69, 9.17) is 4.74 Å². The molecule has 0 atom stereocenters. The highest BCUT2D eigenvalue weighted by molar-refractivity contribution is 7.70. The summed E-state index contributed by atoms with van der Waals surface area (Å²) in [6, 6.07) is 9.87. The third-order valence-electron chi connectivity index (χ3n) is 4.94. The lowest BCUT2D eigenvalue weighted by Gasteiger charge is -2.17. The summed E-state index contributed by atoms with van der Waals surface area (Å²) < 4.78 is 58.7. The number of rotatable bonds is 9. The summed E-state index contributed by atoms with van der Waals surface area (Å²) in [5.74, 6) is -1.35.